The SMILES string of the molecule is CN(C)C(=O)[C@H]1C[C@H](O)CN1c1nc2c(c(Nc3cc(C4CCCC4)[nH]n3)n1)CCC2. The molecule has 2 aliphatic carbocycles. The summed E-state index contributed by atoms with van der Waals surface area (Å²) in [6.45, 7) is 0.358. The predicted molar refractivity (Wildman–Crippen MR) is 118 cm³/mol. The second-order valence-electron chi connectivity index (χ2n) is 9.26. The number of likely N-dealkylation sites (N-methyl/N-ethyl adjacent to an activating group) is 1. The summed E-state index contributed by atoms with van der Waals surface area (Å²) in [5.41, 5.74) is 3.34. The fraction of sp³-hybridized carbons (Fsp3) is 0.636. The van der Waals surface area contributed by atoms with Crippen LogP contribution >= 0.6 is 0 Å². The van der Waals surface area contributed by atoms with Crippen LogP contribution in [0.1, 0.15) is 61.4 Å². The maximum atomic E-state index is 12.7. The quantitative estimate of drug-likeness (QED) is 0.673. The molecule has 2 aromatic rings. The molecule has 0 unspecified atom stereocenters. The Balaban J connectivity index is 1.44. The van der Waals surface area contributed by atoms with Gasteiger partial charge in [-0.1, -0.05) is 12.8 Å². The number of H-pyrrole nitrogens is 1. The highest BCUT2D eigenvalue weighted by Crippen LogP contribution is 2.35. The van der Waals surface area contributed by atoms with Crippen molar-refractivity contribution in [3.05, 3.63) is 23.0 Å². The van der Waals surface area contributed by atoms with Gasteiger partial charge in [0, 0.05) is 50.3 Å². The van der Waals surface area contributed by atoms with Gasteiger partial charge in [0.25, 0.3) is 0 Å². The third kappa shape index (κ3) is 3.86. The Kier molecular flexibility index (Phi) is 5.29. The van der Waals surface area contributed by atoms with Crippen molar-refractivity contribution in [2.24, 2.45) is 0 Å². The average Bonchev–Trinajstić information content (AvgIpc) is 3.52. The number of aliphatic hydroxyl groups excluding tert-OH is 1. The number of hydrogen-bond acceptors (Lipinski definition) is 7. The Labute approximate surface area is 182 Å². The monoisotopic (exact) mass is 425 g/mol. The number of carbonyl (C=O) groups excluding carboxylic acids is 1. The highest BCUT2D eigenvalue weighted by atomic mass is 16.3. The Morgan fingerprint density at radius 2 is 2.03 bits per heavy atom. The topological polar surface area (TPSA) is 110 Å². The van der Waals surface area contributed by atoms with E-state index in [0.29, 0.717) is 24.8 Å². The van der Waals surface area contributed by atoms with E-state index >= 15 is 0 Å². The largest absolute Gasteiger partial charge is 0.391 e. The molecule has 5 rings (SSSR count). The highest BCUT2D eigenvalue weighted by Gasteiger charge is 2.39. The van der Waals surface area contributed by atoms with Crippen molar-refractivity contribution in [1.29, 1.82) is 0 Å². The predicted octanol–water partition coefficient (Wildman–Crippen LogP) is 2.12. The van der Waals surface area contributed by atoms with Gasteiger partial charge in [0.1, 0.15) is 11.9 Å². The molecule has 3 aliphatic rings. The number of aromatic nitrogens is 4. The van der Waals surface area contributed by atoms with E-state index in [0.717, 1.165) is 42.2 Å². The van der Waals surface area contributed by atoms with Crippen LogP contribution in [0.25, 0.3) is 0 Å². The van der Waals surface area contributed by atoms with Gasteiger partial charge >= 0.3 is 0 Å². The van der Waals surface area contributed by atoms with Gasteiger partial charge < -0.3 is 20.2 Å². The lowest BCUT2D eigenvalue weighted by molar-refractivity contribution is -0.130. The van der Waals surface area contributed by atoms with Crippen LogP contribution in [0.15, 0.2) is 6.07 Å². The summed E-state index contributed by atoms with van der Waals surface area (Å²) < 4.78 is 0. The van der Waals surface area contributed by atoms with Gasteiger partial charge in [0.2, 0.25) is 11.9 Å². The van der Waals surface area contributed by atoms with Crippen LogP contribution in [0, 0.1) is 0 Å². The Hall–Kier alpha value is -2.68. The fourth-order valence-corrected chi connectivity index (χ4v) is 5.19. The van der Waals surface area contributed by atoms with Gasteiger partial charge in [0.05, 0.1) is 11.8 Å². The van der Waals surface area contributed by atoms with Gasteiger partial charge in [0.15, 0.2) is 5.82 Å². The molecule has 166 valence electrons. The summed E-state index contributed by atoms with van der Waals surface area (Å²) in [6.07, 6.45) is 7.69. The lowest BCUT2D eigenvalue weighted by Gasteiger charge is -2.26. The van der Waals surface area contributed by atoms with Gasteiger partial charge in [-0.25, -0.2) is 4.98 Å². The molecule has 2 aromatic heterocycles. The van der Waals surface area contributed by atoms with Gasteiger partial charge in [-0.15, -0.1) is 0 Å². The molecular formula is C22H31N7O2. The molecule has 9 nitrogen and oxygen atoms in total. The first-order chi connectivity index (χ1) is 15.0. The normalized spacial score (nSPS) is 23.4. The van der Waals surface area contributed by atoms with Crippen LogP contribution in [-0.2, 0) is 17.6 Å². The first-order valence-electron chi connectivity index (χ1n) is 11.4. The van der Waals surface area contributed by atoms with Gasteiger partial charge in [-0.05, 0) is 32.1 Å². The highest BCUT2D eigenvalue weighted by molar-refractivity contribution is 5.85. The maximum absolute atomic E-state index is 12.7. The van der Waals surface area contributed by atoms with E-state index in [1.165, 1.54) is 31.4 Å². The molecule has 1 saturated carbocycles. The number of nitrogens with zero attached hydrogens (tertiary/aromatic N) is 5. The number of fused-ring (bicyclic) bond motifs is 1. The van der Waals surface area contributed by atoms with Gasteiger partial charge in [-0.3, -0.25) is 9.89 Å². The van der Waals surface area contributed by atoms with Crippen molar-refractivity contribution in [3.63, 3.8) is 0 Å². The first-order valence-corrected chi connectivity index (χ1v) is 11.4. The average molecular weight is 426 g/mol. The second kappa shape index (κ2) is 8.11. The Morgan fingerprint density at radius 1 is 1.23 bits per heavy atom. The van der Waals surface area contributed by atoms with Crippen LogP contribution in [-0.4, -0.2) is 68.9 Å². The lowest BCUT2D eigenvalue weighted by Crippen LogP contribution is -2.43. The van der Waals surface area contributed by atoms with Crippen LogP contribution in [0.5, 0.6) is 0 Å². The van der Waals surface area contributed by atoms with Crippen molar-refractivity contribution >= 4 is 23.5 Å². The van der Waals surface area contributed by atoms with Crippen LogP contribution in [0.4, 0.5) is 17.6 Å². The molecule has 2 atom stereocenters. The van der Waals surface area contributed by atoms with Crippen LogP contribution in [0.3, 0.4) is 0 Å². The van der Waals surface area contributed by atoms with E-state index in [-0.39, 0.29) is 5.91 Å². The third-order valence-electron chi connectivity index (χ3n) is 6.82. The van der Waals surface area contributed by atoms with Crippen molar-refractivity contribution < 1.29 is 9.90 Å². The number of rotatable bonds is 5. The summed E-state index contributed by atoms with van der Waals surface area (Å²) in [6, 6.07) is 1.65. The molecule has 3 N–H and O–H groups in total. The number of amides is 1. The minimum absolute atomic E-state index is 0.0383. The molecule has 1 saturated heterocycles. The number of hydrogen-bond donors (Lipinski definition) is 3. The van der Waals surface area contributed by atoms with Crippen molar-refractivity contribution in [1.82, 2.24) is 25.1 Å². The fourth-order valence-electron chi connectivity index (χ4n) is 5.19. The number of aliphatic hydroxyl groups is 1. The number of carbonyl (C=O) groups is 1. The number of nitrogens with one attached hydrogen (secondary N) is 2. The summed E-state index contributed by atoms with van der Waals surface area (Å²) in [7, 11) is 3.47. The molecule has 2 fully saturated rings. The van der Waals surface area contributed by atoms with E-state index in [2.05, 4.69) is 21.6 Å². The second-order valence-corrected chi connectivity index (χ2v) is 9.26. The molecule has 31 heavy (non-hydrogen) atoms. The molecule has 1 amide bonds. The number of aryl methyl sites for hydroxylation is 1. The smallest absolute Gasteiger partial charge is 0.244 e. The van der Waals surface area contributed by atoms with Crippen molar-refractivity contribution in [2.45, 2.75) is 69.4 Å². The third-order valence-corrected chi connectivity index (χ3v) is 6.82. The Bertz CT molecular complexity index is 967. The van der Waals surface area contributed by atoms with E-state index in [1.54, 1.807) is 19.0 Å². The molecule has 3 heterocycles. The molecule has 1 aliphatic heterocycles. The number of β-amino-alcohol motifs (C(OH)–C–C–N with tert-alkyl or cyclic N) is 1. The van der Waals surface area contributed by atoms with E-state index < -0.39 is 12.1 Å². The zero-order valence-corrected chi connectivity index (χ0v) is 18.3. The standard InChI is InChI=1S/C22H31N7O2/c1-28(2)21(31)18-10-14(30)12-29(18)22-23-16-9-5-8-15(16)20(25-22)24-19-11-17(26-27-19)13-6-3-4-7-13/h11,13-14,18,30H,3-10,12H2,1-2H3,(H2,23,24,25,26,27)/t14-,18+/m0/s1. The molecule has 0 radical (unpaired) electrons. The van der Waals surface area contributed by atoms with Gasteiger partial charge in [-0.2, -0.15) is 10.1 Å². The molecule has 0 bridgehead atoms. The van der Waals surface area contributed by atoms with Crippen LogP contribution in [0.2, 0.25) is 0 Å². The van der Waals surface area contributed by atoms with E-state index in [4.69, 9.17) is 9.97 Å². The lowest BCUT2D eigenvalue weighted by atomic mass is 10.0. The zero-order valence-electron chi connectivity index (χ0n) is 18.3. The van der Waals surface area contributed by atoms with Crippen molar-refractivity contribution in [2.75, 3.05) is 30.9 Å². The molecule has 0 aromatic carbocycles. The minimum atomic E-state index is -0.567. The minimum Gasteiger partial charge on any atom is -0.391 e. The molecule has 0 spiro atoms. The Morgan fingerprint density at radius 3 is 2.81 bits per heavy atom. The summed E-state index contributed by atoms with van der Waals surface area (Å²) in [5, 5.41) is 21.4. The number of anilines is 3. The molecular weight excluding hydrogens is 394 g/mol. The molecule has 9 heteroatoms. The summed E-state index contributed by atoms with van der Waals surface area (Å²) >= 11 is 0. The number of aromatic amines is 1. The first kappa shape index (κ1) is 20.2. The zero-order chi connectivity index (χ0) is 21.5. The summed E-state index contributed by atoms with van der Waals surface area (Å²) in [4.78, 5) is 25.7. The summed E-state index contributed by atoms with van der Waals surface area (Å²) in [5.74, 6) is 2.57. The van der Waals surface area contributed by atoms with Crippen molar-refractivity contribution in [3.8, 4) is 0 Å². The maximum Gasteiger partial charge on any atom is 0.244 e. The van der Waals surface area contributed by atoms with E-state index in [1.807, 2.05) is 4.90 Å². The van der Waals surface area contributed by atoms with Crippen LogP contribution < -0.4 is 10.2 Å². The van der Waals surface area contributed by atoms with E-state index in [9.17, 15) is 9.90 Å².